The fourth-order valence-corrected chi connectivity index (χ4v) is 12.3. The zero-order chi connectivity index (χ0) is 56.7. The smallest absolute Gasteiger partial charge is 0.253 e. The van der Waals surface area contributed by atoms with E-state index >= 15 is 0 Å². The molecule has 2 N–H and O–H groups in total. The summed E-state index contributed by atoms with van der Waals surface area (Å²) < 4.78 is 11.4. The molecule has 0 aromatic heterocycles. The number of carbonyl (C=O) groups excluding carboxylic acids is 6. The van der Waals surface area contributed by atoms with Crippen molar-refractivity contribution in [1.29, 1.82) is 0 Å². The first kappa shape index (κ1) is 59.9. The molecule has 14 heteroatoms. The number of hydrogen-bond donors (Lipinski definition) is 2. The molecule has 4 saturated heterocycles. The molecule has 4 aliphatic rings. The lowest BCUT2D eigenvalue weighted by molar-refractivity contribution is -0.143. The van der Waals surface area contributed by atoms with E-state index in [0.717, 1.165) is 47.9 Å². The van der Waals surface area contributed by atoms with Gasteiger partial charge in [-0.2, -0.15) is 0 Å². The van der Waals surface area contributed by atoms with Gasteiger partial charge in [-0.3, -0.25) is 28.8 Å². The maximum Gasteiger partial charge on any atom is 0.253 e. The Morgan fingerprint density at radius 2 is 1.02 bits per heavy atom. The van der Waals surface area contributed by atoms with Crippen LogP contribution in [0.1, 0.15) is 118 Å². The number of benzene rings is 4. The minimum atomic E-state index is -0.651. The lowest BCUT2D eigenvalue weighted by Gasteiger charge is -2.37. The summed E-state index contributed by atoms with van der Waals surface area (Å²) in [7, 11) is 1.77. The minimum absolute atomic E-state index is 0.0109. The number of ketones is 1. The normalized spacial score (nSPS) is 21.3. The summed E-state index contributed by atoms with van der Waals surface area (Å²) in [5.41, 5.74) is 5.11. The second kappa shape index (κ2) is 29.0. The van der Waals surface area contributed by atoms with E-state index in [2.05, 4.69) is 48.7 Å². The van der Waals surface area contributed by atoms with Crippen LogP contribution in [0.3, 0.4) is 0 Å². The van der Waals surface area contributed by atoms with Gasteiger partial charge in [-0.05, 0) is 142 Å². The molecule has 5 amide bonds. The van der Waals surface area contributed by atoms with Gasteiger partial charge in [0, 0.05) is 95.1 Å². The molecule has 0 saturated carbocycles. The molecular weight excluding hydrogens is 1000 g/mol. The van der Waals surface area contributed by atoms with Crippen LogP contribution < -0.4 is 10.6 Å². The lowest BCUT2D eigenvalue weighted by atomic mass is 9.80. The molecule has 0 aliphatic carbocycles. The Balaban J connectivity index is 0.989. The van der Waals surface area contributed by atoms with Crippen molar-refractivity contribution in [3.8, 4) is 11.1 Å². The summed E-state index contributed by atoms with van der Waals surface area (Å²) in [6.07, 6.45) is 6.66. The maximum absolute atomic E-state index is 14.8. The molecule has 4 aromatic rings. The highest BCUT2D eigenvalue weighted by Crippen LogP contribution is 2.35. The fourth-order valence-electron chi connectivity index (χ4n) is 12.3. The average Bonchev–Trinajstić information content (AvgIpc) is 4.07. The first-order valence-electron chi connectivity index (χ1n) is 29.9. The molecule has 8 atom stereocenters. The molecule has 4 aromatic carbocycles. The average molecular weight is 1090 g/mol. The SMILES string of the molecule is CC[C@@H](C)C(=O)N[C@H](C(=O)N1CC[C@H](C)[C@H]1CN(CCc1ccccc1)C(=O)c1ccc(-c2ccc(C(=O)N(CCc3ccccc3)C[C@@H]3[C@@H](C)CCN3C(=O)[C@@H](CC(=O)[C@H](C)NC)C3CCOCC3)cc2)cc1)C1CCOCC1. The van der Waals surface area contributed by atoms with Crippen LogP contribution in [-0.2, 0) is 41.5 Å². The number of carbonyl (C=O) groups is 6. The van der Waals surface area contributed by atoms with Gasteiger partial charge >= 0.3 is 0 Å². The molecule has 80 heavy (non-hydrogen) atoms. The van der Waals surface area contributed by atoms with Crippen LogP contribution in [0.2, 0.25) is 0 Å². The summed E-state index contributed by atoms with van der Waals surface area (Å²) in [6, 6.07) is 34.1. The number of rotatable bonds is 24. The summed E-state index contributed by atoms with van der Waals surface area (Å²) in [6.45, 7) is 15.1. The number of Topliss-reactive ketones (excluding diaryl/α,β-unsaturated/α-hetero) is 1. The molecular formula is C66H88N6O8. The minimum Gasteiger partial charge on any atom is -0.381 e. The van der Waals surface area contributed by atoms with Gasteiger partial charge < -0.3 is 39.7 Å². The van der Waals surface area contributed by atoms with E-state index in [1.165, 1.54) is 0 Å². The van der Waals surface area contributed by atoms with Gasteiger partial charge in [-0.1, -0.05) is 113 Å². The molecule has 4 fully saturated rings. The first-order valence-corrected chi connectivity index (χ1v) is 29.9. The number of nitrogens with one attached hydrogen (secondary N) is 2. The van der Waals surface area contributed by atoms with E-state index in [4.69, 9.17) is 9.47 Å². The van der Waals surface area contributed by atoms with Gasteiger partial charge in [0.05, 0.1) is 18.1 Å². The van der Waals surface area contributed by atoms with Gasteiger partial charge in [0.15, 0.2) is 0 Å². The molecule has 0 bridgehead atoms. The Labute approximate surface area is 475 Å². The van der Waals surface area contributed by atoms with Crippen LogP contribution in [0, 0.1) is 35.5 Å². The second-order valence-corrected chi connectivity index (χ2v) is 23.3. The summed E-state index contributed by atoms with van der Waals surface area (Å²) in [4.78, 5) is 93.6. The zero-order valence-electron chi connectivity index (χ0n) is 48.4. The third kappa shape index (κ3) is 15.2. The molecule has 4 aliphatic heterocycles. The van der Waals surface area contributed by atoms with Crippen molar-refractivity contribution >= 4 is 35.3 Å². The summed E-state index contributed by atoms with van der Waals surface area (Å²) >= 11 is 0. The largest absolute Gasteiger partial charge is 0.381 e. The topological polar surface area (TPSA) is 158 Å². The molecule has 8 rings (SSSR count). The zero-order valence-corrected chi connectivity index (χ0v) is 48.4. The van der Waals surface area contributed by atoms with Crippen molar-refractivity contribution in [2.75, 3.05) is 72.7 Å². The van der Waals surface area contributed by atoms with Gasteiger partial charge in [0.25, 0.3) is 11.8 Å². The fraction of sp³-hybridized carbons (Fsp3) is 0.545. The molecule has 4 heterocycles. The lowest BCUT2D eigenvalue weighted by Crippen LogP contribution is -2.57. The van der Waals surface area contributed by atoms with Crippen molar-refractivity contribution in [3.63, 3.8) is 0 Å². The number of likely N-dealkylation sites (tertiary alicyclic amines) is 2. The van der Waals surface area contributed by atoms with Crippen LogP contribution in [-0.4, -0.2) is 152 Å². The van der Waals surface area contributed by atoms with Crippen LogP contribution in [0.25, 0.3) is 11.1 Å². The van der Waals surface area contributed by atoms with E-state index in [0.29, 0.717) is 109 Å². The Hall–Kier alpha value is -6.22. The van der Waals surface area contributed by atoms with Crippen molar-refractivity contribution in [2.24, 2.45) is 35.5 Å². The van der Waals surface area contributed by atoms with Crippen molar-refractivity contribution in [1.82, 2.24) is 30.2 Å². The highest BCUT2D eigenvalue weighted by Gasteiger charge is 2.44. The predicted molar refractivity (Wildman–Crippen MR) is 313 cm³/mol. The van der Waals surface area contributed by atoms with Crippen molar-refractivity contribution < 1.29 is 38.2 Å². The Kier molecular flexibility index (Phi) is 21.7. The molecule has 0 spiro atoms. The third-order valence-electron chi connectivity index (χ3n) is 18.2. The molecule has 0 unspecified atom stereocenters. The number of likely N-dealkylation sites (N-methyl/N-ethyl adjacent to an activating group) is 1. The van der Waals surface area contributed by atoms with Crippen molar-refractivity contribution in [3.05, 3.63) is 131 Å². The van der Waals surface area contributed by atoms with Crippen LogP contribution in [0.5, 0.6) is 0 Å². The second-order valence-electron chi connectivity index (χ2n) is 23.3. The van der Waals surface area contributed by atoms with E-state index in [9.17, 15) is 28.8 Å². The number of ether oxygens (including phenoxy) is 2. The maximum atomic E-state index is 14.8. The predicted octanol–water partition coefficient (Wildman–Crippen LogP) is 8.76. The molecule has 430 valence electrons. The molecule has 14 nitrogen and oxygen atoms in total. The van der Waals surface area contributed by atoms with Crippen LogP contribution in [0.15, 0.2) is 109 Å². The van der Waals surface area contributed by atoms with Gasteiger partial charge in [-0.15, -0.1) is 0 Å². The molecule has 0 radical (unpaired) electrons. The number of amides is 5. The van der Waals surface area contributed by atoms with E-state index in [1.807, 2.05) is 125 Å². The van der Waals surface area contributed by atoms with E-state index < -0.39 is 12.0 Å². The van der Waals surface area contributed by atoms with Crippen LogP contribution >= 0.6 is 0 Å². The monoisotopic (exact) mass is 1090 g/mol. The number of nitrogens with zero attached hydrogens (tertiary/aromatic N) is 4. The third-order valence-corrected chi connectivity index (χ3v) is 18.2. The van der Waals surface area contributed by atoms with E-state index in [1.54, 1.807) is 7.05 Å². The van der Waals surface area contributed by atoms with Crippen molar-refractivity contribution in [2.45, 2.75) is 123 Å². The Morgan fingerprint density at radius 3 is 1.46 bits per heavy atom. The van der Waals surface area contributed by atoms with E-state index in [-0.39, 0.29) is 89.5 Å². The Bertz CT molecular complexity index is 2480. The van der Waals surface area contributed by atoms with Gasteiger partial charge in [-0.25, -0.2) is 0 Å². The van der Waals surface area contributed by atoms with Crippen LogP contribution in [0.4, 0.5) is 0 Å². The van der Waals surface area contributed by atoms with Gasteiger partial charge in [0.2, 0.25) is 17.7 Å². The highest BCUT2D eigenvalue weighted by atomic mass is 16.5. The summed E-state index contributed by atoms with van der Waals surface area (Å²) in [5.74, 6) is -0.698. The highest BCUT2D eigenvalue weighted by molar-refractivity contribution is 5.96. The van der Waals surface area contributed by atoms with Gasteiger partial charge in [0.1, 0.15) is 11.8 Å². The quantitative estimate of drug-likeness (QED) is 0.0700. The standard InChI is InChI=1S/C66H88N6O8/c1-7-45(2)62(74)68-61(54-32-40-80-41-33-54)66(78)72-37-27-47(4)59(72)44-70(35-29-50-16-12-9-13-17-50)64(76)56-24-20-52(21-25-56)51-18-22-55(23-19-51)63(75)69(34-28-49-14-10-8-11-15-49)43-58-46(3)26-36-71(58)65(77)57(42-60(73)48(5)67-6)53-30-38-79-39-31-53/h8-25,45-48,53-54,57-59,61,67H,7,26-44H2,1-6H3,(H,68,74)/t45-,46+,47+,48+,57+,58-,59-,61+/m1/s1. The number of hydrogen-bond acceptors (Lipinski definition) is 9. The summed E-state index contributed by atoms with van der Waals surface area (Å²) in [5, 5.41) is 6.23. The first-order chi connectivity index (χ1) is 38.7. The Morgan fingerprint density at radius 1 is 0.588 bits per heavy atom.